The third-order valence-corrected chi connectivity index (χ3v) is 3.47. The Morgan fingerprint density at radius 3 is 3.06 bits per heavy atom. The Hall–Kier alpha value is -1.30. The molecule has 1 aromatic rings. The van der Waals surface area contributed by atoms with Crippen molar-refractivity contribution in [3.63, 3.8) is 0 Å². The Morgan fingerprint density at radius 1 is 1.59 bits per heavy atom. The number of hydrazone groups is 1. The Bertz CT molecular complexity index is 483. The molecule has 0 bridgehead atoms. The quantitative estimate of drug-likeness (QED) is 0.647. The van der Waals surface area contributed by atoms with Crippen LogP contribution < -0.4 is 5.56 Å². The van der Waals surface area contributed by atoms with Crippen molar-refractivity contribution in [1.82, 2.24) is 15.0 Å². The predicted octanol–water partition coefficient (Wildman–Crippen LogP) is 1.25. The summed E-state index contributed by atoms with van der Waals surface area (Å²) in [4.78, 5) is 18.3. The third-order valence-electron chi connectivity index (χ3n) is 2.53. The van der Waals surface area contributed by atoms with Crippen LogP contribution in [0.2, 0.25) is 0 Å². The van der Waals surface area contributed by atoms with Gasteiger partial charge in [-0.3, -0.25) is 9.80 Å². The topological polar surface area (TPSA) is 61.4 Å². The van der Waals surface area contributed by atoms with Crippen LogP contribution in [0.25, 0.3) is 0 Å². The first kappa shape index (κ1) is 12.2. The highest BCUT2D eigenvalue weighted by molar-refractivity contribution is 7.99. The second-order valence-electron chi connectivity index (χ2n) is 3.94. The van der Waals surface area contributed by atoms with Gasteiger partial charge in [0.1, 0.15) is 0 Å². The van der Waals surface area contributed by atoms with Crippen LogP contribution in [0.5, 0.6) is 0 Å². The highest BCUT2D eigenvalue weighted by Gasteiger charge is 2.13. The number of hydrogen-bond donors (Lipinski definition) is 1. The number of nitrogens with one attached hydrogen (secondary N) is 1. The fourth-order valence-electron chi connectivity index (χ4n) is 1.66. The summed E-state index contributed by atoms with van der Waals surface area (Å²) in [7, 11) is 0. The number of nitrogens with zero attached hydrogens (tertiary/aromatic N) is 3. The molecule has 2 rings (SSSR count). The van der Waals surface area contributed by atoms with Gasteiger partial charge in [-0.25, -0.2) is 4.98 Å². The monoisotopic (exact) mass is 252 g/mol. The summed E-state index contributed by atoms with van der Waals surface area (Å²) in [6.07, 6.45) is 1.01. The van der Waals surface area contributed by atoms with E-state index in [9.17, 15) is 4.79 Å². The normalized spacial score (nSPS) is 15.2. The summed E-state index contributed by atoms with van der Waals surface area (Å²) < 4.78 is 0. The number of aromatic nitrogens is 2. The molecule has 2 heterocycles. The Balaban J connectivity index is 1.96. The zero-order valence-electron chi connectivity index (χ0n) is 10.1. The molecule has 0 atom stereocenters. The third kappa shape index (κ3) is 3.33. The molecule has 0 saturated carbocycles. The van der Waals surface area contributed by atoms with E-state index in [4.69, 9.17) is 0 Å². The van der Waals surface area contributed by atoms with Gasteiger partial charge in [0.25, 0.3) is 5.56 Å². The number of aromatic amines is 1. The van der Waals surface area contributed by atoms with Gasteiger partial charge >= 0.3 is 0 Å². The highest BCUT2D eigenvalue weighted by Crippen LogP contribution is 2.15. The average molecular weight is 252 g/mol. The number of hydrogen-bond acceptors (Lipinski definition) is 5. The second-order valence-corrected chi connectivity index (χ2v) is 4.91. The first-order valence-corrected chi connectivity index (χ1v) is 6.68. The molecule has 5 nitrogen and oxygen atoms in total. The molecular formula is C11H16N4OS. The van der Waals surface area contributed by atoms with E-state index in [1.165, 1.54) is 23.5 Å². The van der Waals surface area contributed by atoms with Gasteiger partial charge in [-0.2, -0.15) is 5.10 Å². The zero-order chi connectivity index (χ0) is 12.3. The number of rotatable bonds is 4. The molecule has 0 radical (unpaired) electrons. The van der Waals surface area contributed by atoms with E-state index in [2.05, 4.69) is 27.0 Å². The predicted molar refractivity (Wildman–Crippen MR) is 69.6 cm³/mol. The molecule has 0 aliphatic carbocycles. The molecule has 0 spiro atoms. The van der Waals surface area contributed by atoms with Crippen molar-refractivity contribution in [3.05, 3.63) is 22.1 Å². The van der Waals surface area contributed by atoms with E-state index in [0.29, 0.717) is 5.16 Å². The average Bonchev–Trinajstić information content (AvgIpc) is 2.73. The highest BCUT2D eigenvalue weighted by atomic mass is 32.2. The molecule has 92 valence electrons. The first-order valence-electron chi connectivity index (χ1n) is 5.69. The first-order chi connectivity index (χ1) is 8.17. The minimum Gasteiger partial charge on any atom is -0.301 e. The molecule has 6 heteroatoms. The van der Waals surface area contributed by atoms with Crippen molar-refractivity contribution in [2.75, 3.05) is 18.8 Å². The largest absolute Gasteiger partial charge is 0.301 e. The van der Waals surface area contributed by atoms with Crippen molar-refractivity contribution >= 4 is 17.5 Å². The fourth-order valence-corrected chi connectivity index (χ4v) is 2.55. The SMILES string of the molecule is CCN1CCC(CSc2nc(C)cc(=O)[nH]2)=N1. The van der Waals surface area contributed by atoms with Crippen molar-refractivity contribution in [1.29, 1.82) is 0 Å². The van der Waals surface area contributed by atoms with Crippen LogP contribution in [0.4, 0.5) is 0 Å². The van der Waals surface area contributed by atoms with Gasteiger partial charge in [-0.05, 0) is 13.8 Å². The maximum atomic E-state index is 11.3. The lowest BCUT2D eigenvalue weighted by Gasteiger charge is -2.07. The van der Waals surface area contributed by atoms with Crippen molar-refractivity contribution in [2.24, 2.45) is 5.10 Å². The van der Waals surface area contributed by atoms with E-state index < -0.39 is 0 Å². The van der Waals surface area contributed by atoms with E-state index >= 15 is 0 Å². The van der Waals surface area contributed by atoms with Gasteiger partial charge in [0, 0.05) is 37.0 Å². The zero-order valence-corrected chi connectivity index (χ0v) is 10.9. The molecular weight excluding hydrogens is 236 g/mol. The molecule has 1 aliphatic rings. The van der Waals surface area contributed by atoms with E-state index in [-0.39, 0.29) is 5.56 Å². The molecule has 0 amide bonds. The van der Waals surface area contributed by atoms with Gasteiger partial charge < -0.3 is 4.98 Å². The summed E-state index contributed by atoms with van der Waals surface area (Å²) in [6, 6.07) is 1.50. The lowest BCUT2D eigenvalue weighted by Crippen LogP contribution is -2.11. The van der Waals surface area contributed by atoms with Gasteiger partial charge in [-0.15, -0.1) is 0 Å². The minimum atomic E-state index is -0.0939. The van der Waals surface area contributed by atoms with Crippen molar-refractivity contribution in [3.8, 4) is 0 Å². The van der Waals surface area contributed by atoms with Crippen LogP contribution in [0, 0.1) is 6.92 Å². The molecule has 1 aliphatic heterocycles. The second kappa shape index (κ2) is 5.35. The van der Waals surface area contributed by atoms with Crippen LogP contribution in [0.15, 0.2) is 21.1 Å². The minimum absolute atomic E-state index is 0.0939. The Labute approximate surface area is 104 Å². The fraction of sp³-hybridized carbons (Fsp3) is 0.545. The standard InChI is InChI=1S/C11H16N4OS/c1-3-15-5-4-9(14-15)7-17-11-12-8(2)6-10(16)13-11/h6H,3-5,7H2,1-2H3,(H,12,13,16). The lowest BCUT2D eigenvalue weighted by molar-refractivity contribution is 0.336. The Morgan fingerprint density at radius 2 is 2.41 bits per heavy atom. The molecule has 0 unspecified atom stereocenters. The van der Waals surface area contributed by atoms with Crippen LogP contribution in [0.3, 0.4) is 0 Å². The Kier molecular flexibility index (Phi) is 3.83. The van der Waals surface area contributed by atoms with Gasteiger partial charge in [0.05, 0.1) is 5.71 Å². The number of thioether (sulfide) groups is 1. The lowest BCUT2D eigenvalue weighted by atomic mass is 10.3. The molecule has 1 aromatic heterocycles. The summed E-state index contributed by atoms with van der Waals surface area (Å²) in [5, 5.41) is 7.21. The maximum Gasteiger partial charge on any atom is 0.251 e. The molecule has 0 saturated heterocycles. The van der Waals surface area contributed by atoms with E-state index in [1.807, 2.05) is 6.92 Å². The number of aryl methyl sites for hydroxylation is 1. The van der Waals surface area contributed by atoms with Crippen LogP contribution in [-0.2, 0) is 0 Å². The summed E-state index contributed by atoms with van der Waals surface area (Å²) in [5.41, 5.74) is 1.82. The van der Waals surface area contributed by atoms with E-state index in [1.54, 1.807) is 0 Å². The van der Waals surface area contributed by atoms with Gasteiger partial charge in [0.2, 0.25) is 0 Å². The summed E-state index contributed by atoms with van der Waals surface area (Å²) >= 11 is 1.53. The van der Waals surface area contributed by atoms with Gasteiger partial charge in [0.15, 0.2) is 5.16 Å². The van der Waals surface area contributed by atoms with Crippen LogP contribution in [-0.4, -0.2) is 39.5 Å². The smallest absolute Gasteiger partial charge is 0.251 e. The van der Waals surface area contributed by atoms with Gasteiger partial charge in [-0.1, -0.05) is 11.8 Å². The maximum absolute atomic E-state index is 11.3. The van der Waals surface area contributed by atoms with Crippen LogP contribution >= 0.6 is 11.8 Å². The van der Waals surface area contributed by atoms with Crippen molar-refractivity contribution in [2.45, 2.75) is 25.4 Å². The summed E-state index contributed by atoms with van der Waals surface area (Å²) in [5.74, 6) is 0.795. The van der Waals surface area contributed by atoms with Crippen LogP contribution in [0.1, 0.15) is 19.0 Å². The molecule has 0 fully saturated rings. The van der Waals surface area contributed by atoms with E-state index in [0.717, 1.165) is 31.0 Å². The number of H-pyrrole nitrogens is 1. The molecule has 17 heavy (non-hydrogen) atoms. The van der Waals surface area contributed by atoms with Crippen molar-refractivity contribution < 1.29 is 0 Å². The molecule has 0 aromatic carbocycles. The summed E-state index contributed by atoms with van der Waals surface area (Å²) in [6.45, 7) is 5.88. The molecule has 1 N–H and O–H groups in total.